The standard InChI is InChI=1S/C16H19NO/c17-12-16(9-13-5-7-18-8-6-13)10-14-3-1-2-4-15(14)11-16/h1-4,13H,5-11H2. The van der Waals surface area contributed by atoms with Gasteiger partial charge in [0, 0.05) is 13.2 Å². The summed E-state index contributed by atoms with van der Waals surface area (Å²) >= 11 is 0. The van der Waals surface area contributed by atoms with Gasteiger partial charge in [0.2, 0.25) is 0 Å². The molecule has 0 unspecified atom stereocenters. The van der Waals surface area contributed by atoms with Crippen LogP contribution in [-0.2, 0) is 17.6 Å². The van der Waals surface area contributed by atoms with Crippen molar-refractivity contribution < 1.29 is 4.74 Å². The molecule has 1 aromatic rings. The Labute approximate surface area is 109 Å². The van der Waals surface area contributed by atoms with Crippen molar-refractivity contribution in [2.24, 2.45) is 11.3 Å². The lowest BCUT2D eigenvalue weighted by atomic mass is 9.76. The first-order valence-corrected chi connectivity index (χ1v) is 6.87. The highest BCUT2D eigenvalue weighted by molar-refractivity contribution is 5.37. The van der Waals surface area contributed by atoms with Crippen LogP contribution in [0.25, 0.3) is 0 Å². The number of nitriles is 1. The van der Waals surface area contributed by atoms with Gasteiger partial charge in [-0.25, -0.2) is 0 Å². The van der Waals surface area contributed by atoms with Crippen LogP contribution in [0, 0.1) is 22.7 Å². The van der Waals surface area contributed by atoms with E-state index in [2.05, 4.69) is 30.3 Å². The summed E-state index contributed by atoms with van der Waals surface area (Å²) in [4.78, 5) is 0. The third kappa shape index (κ3) is 2.15. The number of ether oxygens (including phenoxy) is 1. The Morgan fingerprint density at radius 3 is 2.33 bits per heavy atom. The van der Waals surface area contributed by atoms with Gasteiger partial charge in [0.25, 0.3) is 0 Å². The number of fused-ring (bicyclic) bond motifs is 1. The minimum atomic E-state index is -0.147. The third-order valence-corrected chi connectivity index (χ3v) is 4.43. The highest BCUT2D eigenvalue weighted by atomic mass is 16.5. The molecule has 0 atom stereocenters. The SMILES string of the molecule is N#CC1(CC2CCOCC2)Cc2ccccc2C1. The van der Waals surface area contributed by atoms with Crippen LogP contribution in [-0.4, -0.2) is 13.2 Å². The molecule has 18 heavy (non-hydrogen) atoms. The molecule has 0 N–H and O–H groups in total. The fourth-order valence-corrected chi connectivity index (χ4v) is 3.47. The largest absolute Gasteiger partial charge is 0.381 e. The van der Waals surface area contributed by atoms with Crippen LogP contribution in [0.1, 0.15) is 30.4 Å². The summed E-state index contributed by atoms with van der Waals surface area (Å²) in [5.41, 5.74) is 2.61. The molecule has 94 valence electrons. The smallest absolute Gasteiger partial charge is 0.0696 e. The van der Waals surface area contributed by atoms with Crippen LogP contribution in [0.3, 0.4) is 0 Å². The minimum absolute atomic E-state index is 0.147. The molecule has 0 bridgehead atoms. The predicted molar refractivity (Wildman–Crippen MR) is 70.1 cm³/mol. The molecule has 1 aliphatic heterocycles. The monoisotopic (exact) mass is 241 g/mol. The van der Waals surface area contributed by atoms with Crippen molar-refractivity contribution >= 4 is 0 Å². The Bertz CT molecular complexity index is 443. The number of rotatable bonds is 2. The van der Waals surface area contributed by atoms with Crippen molar-refractivity contribution in [3.05, 3.63) is 35.4 Å². The zero-order valence-electron chi connectivity index (χ0n) is 10.7. The molecule has 3 rings (SSSR count). The van der Waals surface area contributed by atoms with Gasteiger partial charge in [-0.1, -0.05) is 24.3 Å². The zero-order chi connectivity index (χ0) is 12.4. The average Bonchev–Trinajstić information content (AvgIpc) is 2.78. The van der Waals surface area contributed by atoms with E-state index in [0.29, 0.717) is 5.92 Å². The normalized spacial score (nSPS) is 22.4. The summed E-state index contributed by atoms with van der Waals surface area (Å²) in [7, 11) is 0. The number of hydrogen-bond donors (Lipinski definition) is 0. The lowest BCUT2D eigenvalue weighted by Gasteiger charge is -2.29. The quantitative estimate of drug-likeness (QED) is 0.797. The summed E-state index contributed by atoms with van der Waals surface area (Å²) in [5.74, 6) is 0.674. The van der Waals surface area contributed by atoms with E-state index in [1.54, 1.807) is 0 Å². The Hall–Kier alpha value is -1.33. The van der Waals surface area contributed by atoms with Crippen LogP contribution < -0.4 is 0 Å². The Kier molecular flexibility index (Phi) is 3.09. The van der Waals surface area contributed by atoms with E-state index < -0.39 is 0 Å². The molecule has 0 spiro atoms. The second-order valence-corrected chi connectivity index (χ2v) is 5.77. The lowest BCUT2D eigenvalue weighted by Crippen LogP contribution is -2.26. The molecule has 2 nitrogen and oxygen atoms in total. The molecule has 0 radical (unpaired) electrons. The molecule has 1 saturated heterocycles. The minimum Gasteiger partial charge on any atom is -0.381 e. The van der Waals surface area contributed by atoms with Crippen LogP contribution in [0.15, 0.2) is 24.3 Å². The molecule has 0 aromatic heterocycles. The van der Waals surface area contributed by atoms with Crippen molar-refractivity contribution in [2.45, 2.75) is 32.1 Å². The van der Waals surface area contributed by atoms with Crippen LogP contribution >= 0.6 is 0 Å². The second-order valence-electron chi connectivity index (χ2n) is 5.77. The van der Waals surface area contributed by atoms with E-state index in [1.807, 2.05) is 0 Å². The van der Waals surface area contributed by atoms with Crippen molar-refractivity contribution in [1.82, 2.24) is 0 Å². The number of nitrogens with zero attached hydrogens (tertiary/aromatic N) is 1. The highest BCUT2D eigenvalue weighted by Gasteiger charge is 2.39. The maximum atomic E-state index is 9.64. The molecule has 0 amide bonds. The van der Waals surface area contributed by atoms with Gasteiger partial charge in [-0.05, 0) is 49.1 Å². The van der Waals surface area contributed by atoms with Gasteiger partial charge in [-0.2, -0.15) is 5.26 Å². The molecule has 2 aliphatic rings. The summed E-state index contributed by atoms with van der Waals surface area (Å²) < 4.78 is 5.41. The second kappa shape index (κ2) is 4.74. The molecular weight excluding hydrogens is 222 g/mol. The first-order chi connectivity index (χ1) is 8.81. The fourth-order valence-electron chi connectivity index (χ4n) is 3.47. The molecule has 1 fully saturated rings. The summed E-state index contributed by atoms with van der Waals surface area (Å²) in [6.07, 6.45) is 5.18. The molecule has 2 heteroatoms. The van der Waals surface area contributed by atoms with Gasteiger partial charge in [-0.3, -0.25) is 0 Å². The van der Waals surface area contributed by atoms with Gasteiger partial charge in [0.1, 0.15) is 0 Å². The van der Waals surface area contributed by atoms with E-state index in [0.717, 1.165) is 45.3 Å². The lowest BCUT2D eigenvalue weighted by molar-refractivity contribution is 0.0541. The first kappa shape index (κ1) is 11.7. The first-order valence-electron chi connectivity index (χ1n) is 6.87. The molecule has 1 aromatic carbocycles. The summed E-state index contributed by atoms with van der Waals surface area (Å²) in [6.45, 7) is 1.75. The van der Waals surface area contributed by atoms with Gasteiger partial charge < -0.3 is 4.74 Å². The van der Waals surface area contributed by atoms with E-state index >= 15 is 0 Å². The van der Waals surface area contributed by atoms with Crippen LogP contribution in [0.5, 0.6) is 0 Å². The van der Waals surface area contributed by atoms with E-state index in [9.17, 15) is 5.26 Å². The third-order valence-electron chi connectivity index (χ3n) is 4.43. The Balaban J connectivity index is 1.75. The molecule has 1 aliphatic carbocycles. The maximum Gasteiger partial charge on any atom is 0.0696 e. The van der Waals surface area contributed by atoms with Crippen molar-refractivity contribution in [3.8, 4) is 6.07 Å². The Morgan fingerprint density at radius 1 is 1.17 bits per heavy atom. The van der Waals surface area contributed by atoms with Crippen molar-refractivity contribution in [1.29, 1.82) is 5.26 Å². The zero-order valence-corrected chi connectivity index (χ0v) is 10.7. The van der Waals surface area contributed by atoms with Crippen LogP contribution in [0.2, 0.25) is 0 Å². The summed E-state index contributed by atoms with van der Waals surface area (Å²) in [5, 5.41) is 9.64. The Morgan fingerprint density at radius 2 is 1.78 bits per heavy atom. The number of hydrogen-bond acceptors (Lipinski definition) is 2. The highest BCUT2D eigenvalue weighted by Crippen LogP contribution is 2.42. The number of benzene rings is 1. The van der Waals surface area contributed by atoms with Crippen molar-refractivity contribution in [3.63, 3.8) is 0 Å². The van der Waals surface area contributed by atoms with Gasteiger partial charge in [0.05, 0.1) is 11.5 Å². The van der Waals surface area contributed by atoms with Gasteiger partial charge in [0.15, 0.2) is 0 Å². The van der Waals surface area contributed by atoms with Gasteiger partial charge >= 0.3 is 0 Å². The van der Waals surface area contributed by atoms with Crippen LogP contribution in [0.4, 0.5) is 0 Å². The van der Waals surface area contributed by atoms with Gasteiger partial charge in [-0.15, -0.1) is 0 Å². The predicted octanol–water partition coefficient (Wildman–Crippen LogP) is 3.11. The molecule has 0 saturated carbocycles. The summed E-state index contributed by atoms with van der Waals surface area (Å²) in [6, 6.07) is 11.2. The average molecular weight is 241 g/mol. The molecular formula is C16H19NO. The topological polar surface area (TPSA) is 33.0 Å². The maximum absolute atomic E-state index is 9.64. The van der Waals surface area contributed by atoms with E-state index in [1.165, 1.54) is 11.1 Å². The molecule has 1 heterocycles. The fraction of sp³-hybridized carbons (Fsp3) is 0.562. The van der Waals surface area contributed by atoms with Crippen molar-refractivity contribution in [2.75, 3.05) is 13.2 Å². The van der Waals surface area contributed by atoms with E-state index in [4.69, 9.17) is 4.74 Å². The van der Waals surface area contributed by atoms with E-state index in [-0.39, 0.29) is 5.41 Å².